The number of rotatable bonds is 3. The van der Waals surface area contributed by atoms with Crippen molar-refractivity contribution in [2.24, 2.45) is 0 Å². The van der Waals surface area contributed by atoms with Crippen molar-refractivity contribution in [3.63, 3.8) is 0 Å². The number of piperidine rings is 1. The van der Waals surface area contributed by atoms with E-state index in [9.17, 15) is 4.79 Å². The van der Waals surface area contributed by atoms with Gasteiger partial charge in [-0.2, -0.15) is 0 Å². The molecule has 0 atom stereocenters. The summed E-state index contributed by atoms with van der Waals surface area (Å²) < 4.78 is 11.9. The van der Waals surface area contributed by atoms with E-state index >= 15 is 0 Å². The van der Waals surface area contributed by atoms with Gasteiger partial charge in [-0.25, -0.2) is 4.98 Å². The fourth-order valence-electron chi connectivity index (χ4n) is 4.43. The molecule has 2 aromatic rings. The van der Waals surface area contributed by atoms with E-state index in [0.717, 1.165) is 78.7 Å². The number of hydrogen-bond acceptors (Lipinski definition) is 5. The van der Waals surface area contributed by atoms with Crippen LogP contribution in [0.1, 0.15) is 45.6 Å². The Balaban J connectivity index is 1.28. The molecular weight excluding hydrogens is 354 g/mol. The molecule has 5 rings (SSSR count). The molecule has 3 aliphatic heterocycles. The predicted octanol–water partition coefficient (Wildman–Crippen LogP) is 2.92. The molecule has 3 aliphatic rings. The zero-order chi connectivity index (χ0) is 19.3. The van der Waals surface area contributed by atoms with Gasteiger partial charge in [0.25, 0.3) is 5.91 Å². The lowest BCUT2D eigenvalue weighted by molar-refractivity contribution is 0.0965. The molecule has 4 heterocycles. The monoisotopic (exact) mass is 379 g/mol. The van der Waals surface area contributed by atoms with Crippen molar-refractivity contribution in [3.8, 4) is 11.5 Å². The Kier molecular flexibility index (Phi) is 4.14. The normalized spacial score (nSPS) is 18.5. The molecule has 0 unspecified atom stereocenters. The standard InChI is InChI=1S/C22H25N3O3/c1-13-14(2)21(24-18-12-23-22(26)20(13)18)25-8-5-16(6-9-25)28-17-4-3-15-7-10-27-19(15)11-17/h3-4,11,16H,5-10,12H2,1-2H3,(H,23,26). The number of anilines is 1. The number of fused-ring (bicyclic) bond motifs is 2. The van der Waals surface area contributed by atoms with Crippen LogP contribution in [0.25, 0.3) is 0 Å². The van der Waals surface area contributed by atoms with Gasteiger partial charge in [-0.3, -0.25) is 4.79 Å². The van der Waals surface area contributed by atoms with Gasteiger partial charge in [0.05, 0.1) is 24.4 Å². The summed E-state index contributed by atoms with van der Waals surface area (Å²) in [6.07, 6.45) is 3.09. The van der Waals surface area contributed by atoms with E-state index in [1.165, 1.54) is 5.56 Å². The maximum atomic E-state index is 12.0. The van der Waals surface area contributed by atoms with Gasteiger partial charge < -0.3 is 19.7 Å². The topological polar surface area (TPSA) is 63.7 Å². The second-order valence-corrected chi connectivity index (χ2v) is 7.86. The summed E-state index contributed by atoms with van der Waals surface area (Å²) >= 11 is 0. The number of aromatic nitrogens is 1. The van der Waals surface area contributed by atoms with Gasteiger partial charge in [0.15, 0.2) is 0 Å². The van der Waals surface area contributed by atoms with Crippen molar-refractivity contribution < 1.29 is 14.3 Å². The van der Waals surface area contributed by atoms with Crippen LogP contribution in [0.4, 0.5) is 5.82 Å². The summed E-state index contributed by atoms with van der Waals surface area (Å²) in [6.45, 7) is 7.19. The van der Waals surface area contributed by atoms with Crippen molar-refractivity contribution in [1.82, 2.24) is 10.3 Å². The lowest BCUT2D eigenvalue weighted by Crippen LogP contribution is -2.39. The highest BCUT2D eigenvalue weighted by Crippen LogP contribution is 2.33. The Morgan fingerprint density at radius 2 is 2.04 bits per heavy atom. The van der Waals surface area contributed by atoms with Crippen LogP contribution < -0.4 is 19.7 Å². The first kappa shape index (κ1) is 17.3. The van der Waals surface area contributed by atoms with Crippen molar-refractivity contribution in [1.29, 1.82) is 0 Å². The van der Waals surface area contributed by atoms with Gasteiger partial charge in [0.1, 0.15) is 23.4 Å². The molecule has 1 fully saturated rings. The van der Waals surface area contributed by atoms with Crippen LogP contribution in [0.2, 0.25) is 0 Å². The molecule has 0 bridgehead atoms. The molecule has 6 heteroatoms. The second-order valence-electron chi connectivity index (χ2n) is 7.86. The molecule has 0 saturated carbocycles. The molecule has 0 aliphatic carbocycles. The van der Waals surface area contributed by atoms with E-state index in [1.807, 2.05) is 13.0 Å². The zero-order valence-corrected chi connectivity index (χ0v) is 16.4. The van der Waals surface area contributed by atoms with Gasteiger partial charge in [-0.15, -0.1) is 0 Å². The average molecular weight is 379 g/mol. The van der Waals surface area contributed by atoms with Crippen molar-refractivity contribution in [3.05, 3.63) is 46.1 Å². The predicted molar refractivity (Wildman–Crippen MR) is 106 cm³/mol. The Bertz CT molecular complexity index is 949. The number of amides is 1. The third-order valence-corrected chi connectivity index (χ3v) is 6.16. The highest BCUT2D eigenvalue weighted by molar-refractivity contribution is 5.99. The first-order valence-corrected chi connectivity index (χ1v) is 10.1. The molecule has 1 aromatic carbocycles. The Morgan fingerprint density at radius 3 is 2.86 bits per heavy atom. The van der Waals surface area contributed by atoms with Gasteiger partial charge in [0, 0.05) is 38.4 Å². The number of carbonyl (C=O) groups is 1. The smallest absolute Gasteiger partial charge is 0.253 e. The number of benzene rings is 1. The Labute approximate surface area is 164 Å². The lowest BCUT2D eigenvalue weighted by atomic mass is 10.0. The minimum absolute atomic E-state index is 0.0000779. The molecule has 0 spiro atoms. The van der Waals surface area contributed by atoms with Crippen molar-refractivity contribution in [2.45, 2.75) is 45.8 Å². The third kappa shape index (κ3) is 2.87. The minimum atomic E-state index is 0.0000779. The molecule has 1 saturated heterocycles. The van der Waals surface area contributed by atoms with Gasteiger partial charge in [-0.1, -0.05) is 6.07 Å². The fourth-order valence-corrected chi connectivity index (χ4v) is 4.43. The van der Waals surface area contributed by atoms with Crippen LogP contribution >= 0.6 is 0 Å². The number of pyridine rings is 1. The molecule has 1 amide bonds. The number of hydrogen-bond donors (Lipinski definition) is 1. The summed E-state index contributed by atoms with van der Waals surface area (Å²) in [4.78, 5) is 19.2. The maximum absolute atomic E-state index is 12.0. The highest BCUT2D eigenvalue weighted by Gasteiger charge is 2.29. The maximum Gasteiger partial charge on any atom is 0.253 e. The molecule has 1 N–H and O–H groups in total. The SMILES string of the molecule is Cc1c(N2CCC(Oc3ccc4c(c3)OCC4)CC2)nc2c(c1C)C(=O)NC2. The van der Waals surface area contributed by atoms with Crippen molar-refractivity contribution >= 4 is 11.7 Å². The first-order chi connectivity index (χ1) is 13.6. The van der Waals surface area contributed by atoms with Crippen LogP contribution in [0.5, 0.6) is 11.5 Å². The van der Waals surface area contributed by atoms with E-state index in [1.54, 1.807) is 0 Å². The summed E-state index contributed by atoms with van der Waals surface area (Å²) in [5.41, 5.74) is 5.05. The van der Waals surface area contributed by atoms with E-state index in [-0.39, 0.29) is 12.0 Å². The van der Waals surface area contributed by atoms with E-state index in [2.05, 4.69) is 29.3 Å². The quantitative estimate of drug-likeness (QED) is 0.888. The number of nitrogens with one attached hydrogen (secondary N) is 1. The molecular formula is C22H25N3O3. The number of carbonyl (C=O) groups excluding carboxylic acids is 1. The highest BCUT2D eigenvalue weighted by atomic mass is 16.5. The van der Waals surface area contributed by atoms with E-state index in [4.69, 9.17) is 14.5 Å². The second kappa shape index (κ2) is 6.69. The summed E-state index contributed by atoms with van der Waals surface area (Å²) in [6, 6.07) is 6.19. The summed E-state index contributed by atoms with van der Waals surface area (Å²) in [5, 5.41) is 2.89. The molecule has 1 aromatic heterocycles. The van der Waals surface area contributed by atoms with Crippen LogP contribution in [0.15, 0.2) is 18.2 Å². The molecule has 6 nitrogen and oxygen atoms in total. The minimum Gasteiger partial charge on any atom is -0.493 e. The van der Waals surface area contributed by atoms with Crippen LogP contribution in [0.3, 0.4) is 0 Å². The Hall–Kier alpha value is -2.76. The summed E-state index contributed by atoms with van der Waals surface area (Å²) in [5.74, 6) is 2.87. The van der Waals surface area contributed by atoms with Gasteiger partial charge >= 0.3 is 0 Å². The first-order valence-electron chi connectivity index (χ1n) is 10.1. The van der Waals surface area contributed by atoms with Gasteiger partial charge in [0.2, 0.25) is 0 Å². The molecule has 0 radical (unpaired) electrons. The van der Waals surface area contributed by atoms with Crippen LogP contribution in [-0.2, 0) is 13.0 Å². The van der Waals surface area contributed by atoms with E-state index < -0.39 is 0 Å². The fraction of sp³-hybridized carbons (Fsp3) is 0.455. The third-order valence-electron chi connectivity index (χ3n) is 6.16. The Morgan fingerprint density at radius 1 is 1.21 bits per heavy atom. The number of nitrogens with zero attached hydrogens (tertiary/aromatic N) is 2. The van der Waals surface area contributed by atoms with Crippen molar-refractivity contribution in [2.75, 3.05) is 24.6 Å². The van der Waals surface area contributed by atoms with E-state index in [0.29, 0.717) is 6.54 Å². The number of ether oxygens (including phenoxy) is 2. The molecule has 146 valence electrons. The lowest BCUT2D eigenvalue weighted by Gasteiger charge is -2.34. The average Bonchev–Trinajstić information content (AvgIpc) is 3.31. The van der Waals surface area contributed by atoms with Gasteiger partial charge in [-0.05, 0) is 36.6 Å². The van der Waals surface area contributed by atoms with Crippen LogP contribution in [0, 0.1) is 13.8 Å². The zero-order valence-electron chi connectivity index (χ0n) is 16.4. The van der Waals surface area contributed by atoms with Crippen LogP contribution in [-0.4, -0.2) is 36.7 Å². The molecule has 28 heavy (non-hydrogen) atoms. The summed E-state index contributed by atoms with van der Waals surface area (Å²) in [7, 11) is 0. The largest absolute Gasteiger partial charge is 0.493 e.